The number of ether oxygens (including phenoxy) is 1. The second-order valence-electron chi connectivity index (χ2n) is 5.14. The average molecular weight is 286 g/mol. The van der Waals surface area contributed by atoms with E-state index in [1.165, 1.54) is 0 Å². The first-order valence-electron chi connectivity index (χ1n) is 6.88. The Morgan fingerprint density at radius 3 is 2.90 bits per heavy atom. The van der Waals surface area contributed by atoms with Gasteiger partial charge in [0.05, 0.1) is 18.5 Å². The first-order chi connectivity index (χ1) is 10.1. The van der Waals surface area contributed by atoms with E-state index >= 15 is 0 Å². The van der Waals surface area contributed by atoms with Crippen molar-refractivity contribution in [2.24, 2.45) is 7.05 Å². The first-order valence-corrected chi connectivity index (χ1v) is 6.88. The number of rotatable bonds is 2. The van der Waals surface area contributed by atoms with Crippen molar-refractivity contribution in [1.82, 2.24) is 9.78 Å². The van der Waals surface area contributed by atoms with Crippen LogP contribution < -0.4 is 15.4 Å². The molecular formula is C15H18N4O2. The van der Waals surface area contributed by atoms with E-state index in [0.717, 1.165) is 24.1 Å². The summed E-state index contributed by atoms with van der Waals surface area (Å²) in [6, 6.07) is 5.84. The molecule has 1 aliphatic rings. The summed E-state index contributed by atoms with van der Waals surface area (Å²) in [6.07, 6.45) is 3.49. The maximum Gasteiger partial charge on any atom is 0.281 e. The van der Waals surface area contributed by atoms with Crippen LogP contribution in [0.25, 0.3) is 0 Å². The normalized spacial score (nSPS) is 13.9. The van der Waals surface area contributed by atoms with Crippen molar-refractivity contribution in [3.05, 3.63) is 35.7 Å². The molecule has 0 saturated carbocycles. The van der Waals surface area contributed by atoms with E-state index < -0.39 is 0 Å². The van der Waals surface area contributed by atoms with Gasteiger partial charge < -0.3 is 15.4 Å². The minimum absolute atomic E-state index is 0.182. The Hall–Kier alpha value is -2.50. The van der Waals surface area contributed by atoms with Crippen molar-refractivity contribution < 1.29 is 9.53 Å². The number of anilines is 2. The predicted molar refractivity (Wildman–Crippen MR) is 80.6 cm³/mol. The molecule has 0 saturated heterocycles. The van der Waals surface area contributed by atoms with Crippen LogP contribution in [0.15, 0.2) is 24.4 Å². The fourth-order valence-corrected chi connectivity index (χ4v) is 2.78. The summed E-state index contributed by atoms with van der Waals surface area (Å²) >= 11 is 0. The Morgan fingerprint density at radius 2 is 2.24 bits per heavy atom. The topological polar surface area (TPSA) is 73.4 Å². The lowest BCUT2D eigenvalue weighted by Crippen LogP contribution is -2.36. The van der Waals surface area contributed by atoms with Crippen molar-refractivity contribution in [2.45, 2.75) is 12.8 Å². The maximum absolute atomic E-state index is 12.8. The lowest BCUT2D eigenvalue weighted by Gasteiger charge is -2.30. The molecule has 0 spiro atoms. The van der Waals surface area contributed by atoms with Crippen LogP contribution in [-0.4, -0.2) is 29.3 Å². The van der Waals surface area contributed by atoms with Crippen LogP contribution in [0.1, 0.15) is 22.5 Å². The molecule has 2 aromatic rings. The van der Waals surface area contributed by atoms with Crippen LogP contribution >= 0.6 is 0 Å². The standard InChI is InChI=1S/C15H18N4O2/c1-18-9-11(16)13(17-18)15(20)19-8-4-6-10-5-3-7-12(21-2)14(10)19/h3,5,7,9H,4,6,8,16H2,1-2H3. The molecule has 1 aromatic carbocycles. The molecule has 6 nitrogen and oxygen atoms in total. The zero-order valence-corrected chi connectivity index (χ0v) is 12.2. The molecule has 0 fully saturated rings. The molecule has 21 heavy (non-hydrogen) atoms. The zero-order valence-electron chi connectivity index (χ0n) is 12.2. The third-order valence-corrected chi connectivity index (χ3v) is 3.71. The highest BCUT2D eigenvalue weighted by Gasteiger charge is 2.29. The quantitative estimate of drug-likeness (QED) is 0.910. The molecule has 0 aliphatic carbocycles. The predicted octanol–water partition coefficient (Wildman–Crippen LogP) is 1.60. The Kier molecular flexibility index (Phi) is 3.29. The summed E-state index contributed by atoms with van der Waals surface area (Å²) < 4.78 is 6.96. The second kappa shape index (κ2) is 5.12. The van der Waals surface area contributed by atoms with Gasteiger partial charge in [0.1, 0.15) is 5.75 Å². The van der Waals surface area contributed by atoms with Gasteiger partial charge in [0.2, 0.25) is 0 Å². The van der Waals surface area contributed by atoms with Gasteiger partial charge in [-0.05, 0) is 24.5 Å². The van der Waals surface area contributed by atoms with Crippen LogP contribution in [0.4, 0.5) is 11.4 Å². The molecule has 0 radical (unpaired) electrons. The van der Waals surface area contributed by atoms with E-state index in [0.29, 0.717) is 18.0 Å². The van der Waals surface area contributed by atoms with Crippen LogP contribution in [-0.2, 0) is 13.5 Å². The van der Waals surface area contributed by atoms with Gasteiger partial charge in [0.25, 0.3) is 5.91 Å². The zero-order chi connectivity index (χ0) is 15.0. The number of benzene rings is 1. The number of carbonyl (C=O) groups excluding carboxylic acids is 1. The summed E-state index contributed by atoms with van der Waals surface area (Å²) in [5, 5.41) is 4.17. The monoisotopic (exact) mass is 286 g/mol. The van der Waals surface area contributed by atoms with Crippen molar-refractivity contribution >= 4 is 17.3 Å². The molecule has 3 rings (SSSR count). The number of hydrogen-bond donors (Lipinski definition) is 1. The summed E-state index contributed by atoms with van der Waals surface area (Å²) in [5.41, 5.74) is 8.51. The number of amides is 1. The minimum Gasteiger partial charge on any atom is -0.495 e. The van der Waals surface area contributed by atoms with Crippen LogP contribution in [0.2, 0.25) is 0 Å². The highest BCUT2D eigenvalue weighted by molar-refractivity contribution is 6.09. The summed E-state index contributed by atoms with van der Waals surface area (Å²) in [4.78, 5) is 14.5. The Labute approximate surface area is 123 Å². The van der Waals surface area contributed by atoms with Crippen molar-refractivity contribution in [2.75, 3.05) is 24.3 Å². The van der Waals surface area contributed by atoms with Crippen LogP contribution in [0.5, 0.6) is 5.75 Å². The lowest BCUT2D eigenvalue weighted by atomic mass is 10.0. The van der Waals surface area contributed by atoms with Gasteiger partial charge in [-0.1, -0.05) is 12.1 Å². The van der Waals surface area contributed by atoms with Gasteiger partial charge in [-0.15, -0.1) is 0 Å². The molecule has 1 amide bonds. The van der Waals surface area contributed by atoms with Crippen molar-refractivity contribution in [3.63, 3.8) is 0 Å². The van der Waals surface area contributed by atoms with Gasteiger partial charge in [-0.25, -0.2) is 0 Å². The first kappa shape index (κ1) is 13.5. The number of fused-ring (bicyclic) bond motifs is 1. The van der Waals surface area contributed by atoms with Gasteiger partial charge >= 0.3 is 0 Å². The molecule has 0 bridgehead atoms. The Bertz CT molecular complexity index is 679. The number of hydrogen-bond acceptors (Lipinski definition) is 4. The number of nitrogen functional groups attached to an aromatic ring is 1. The molecule has 0 atom stereocenters. The molecule has 1 aromatic heterocycles. The number of aryl methyl sites for hydroxylation is 2. The fraction of sp³-hybridized carbons (Fsp3) is 0.333. The van der Waals surface area contributed by atoms with Crippen LogP contribution in [0.3, 0.4) is 0 Å². The molecule has 1 aliphatic heterocycles. The molecule has 6 heteroatoms. The number of para-hydroxylation sites is 1. The smallest absolute Gasteiger partial charge is 0.281 e. The Balaban J connectivity index is 2.06. The van der Waals surface area contributed by atoms with Crippen molar-refractivity contribution in [1.29, 1.82) is 0 Å². The fourth-order valence-electron chi connectivity index (χ4n) is 2.78. The number of carbonyl (C=O) groups is 1. The number of methoxy groups -OCH3 is 1. The molecule has 2 N–H and O–H groups in total. The Morgan fingerprint density at radius 1 is 1.43 bits per heavy atom. The van der Waals surface area contributed by atoms with Gasteiger partial charge in [0, 0.05) is 19.8 Å². The van der Waals surface area contributed by atoms with Crippen molar-refractivity contribution in [3.8, 4) is 5.75 Å². The maximum atomic E-state index is 12.8. The molecular weight excluding hydrogens is 268 g/mol. The summed E-state index contributed by atoms with van der Waals surface area (Å²) in [7, 11) is 3.36. The minimum atomic E-state index is -0.182. The summed E-state index contributed by atoms with van der Waals surface area (Å²) in [5.74, 6) is 0.522. The average Bonchev–Trinajstić information content (AvgIpc) is 2.84. The van der Waals surface area contributed by atoms with E-state index in [-0.39, 0.29) is 11.6 Å². The SMILES string of the molecule is COc1cccc2c1N(C(=O)c1nn(C)cc1N)CCC2. The van der Waals surface area contributed by atoms with E-state index in [1.807, 2.05) is 18.2 Å². The highest BCUT2D eigenvalue weighted by atomic mass is 16.5. The largest absolute Gasteiger partial charge is 0.495 e. The van der Waals surface area contributed by atoms with E-state index in [1.54, 1.807) is 29.9 Å². The molecule has 110 valence electrons. The third kappa shape index (κ3) is 2.22. The van der Waals surface area contributed by atoms with Gasteiger partial charge in [0.15, 0.2) is 5.69 Å². The van der Waals surface area contributed by atoms with Gasteiger partial charge in [-0.2, -0.15) is 5.10 Å². The second-order valence-corrected chi connectivity index (χ2v) is 5.14. The number of nitrogens with zero attached hydrogens (tertiary/aromatic N) is 3. The number of aromatic nitrogens is 2. The van der Waals surface area contributed by atoms with Crippen LogP contribution in [0, 0.1) is 0 Å². The van der Waals surface area contributed by atoms with Gasteiger partial charge in [-0.3, -0.25) is 9.48 Å². The van der Waals surface area contributed by atoms with E-state index in [9.17, 15) is 4.79 Å². The van der Waals surface area contributed by atoms with E-state index in [2.05, 4.69) is 5.10 Å². The third-order valence-electron chi connectivity index (χ3n) is 3.71. The van der Waals surface area contributed by atoms with E-state index in [4.69, 9.17) is 10.5 Å². The lowest BCUT2D eigenvalue weighted by molar-refractivity contribution is 0.0979. The highest BCUT2D eigenvalue weighted by Crippen LogP contribution is 2.37. The summed E-state index contributed by atoms with van der Waals surface area (Å²) in [6.45, 7) is 0.641. The molecule has 2 heterocycles. The molecule has 0 unspecified atom stereocenters. The number of nitrogens with two attached hydrogens (primary N) is 1.